The van der Waals surface area contributed by atoms with Gasteiger partial charge >= 0.3 is 0 Å². The predicted molar refractivity (Wildman–Crippen MR) is 73.8 cm³/mol. The largest absolute Gasteiger partial charge is 0.356 e. The SMILES string of the molecule is CCCCCCCCC(=O)NCC(C)(C)CN. The van der Waals surface area contributed by atoms with Crippen molar-refractivity contribution in [1.82, 2.24) is 5.32 Å². The lowest BCUT2D eigenvalue weighted by atomic mass is 9.94. The van der Waals surface area contributed by atoms with Crippen molar-refractivity contribution in [3.8, 4) is 0 Å². The number of carbonyl (C=O) groups is 1. The molecule has 3 N–H and O–H groups in total. The van der Waals surface area contributed by atoms with Crippen molar-refractivity contribution in [2.75, 3.05) is 13.1 Å². The minimum Gasteiger partial charge on any atom is -0.356 e. The topological polar surface area (TPSA) is 55.1 Å². The molecule has 3 nitrogen and oxygen atoms in total. The van der Waals surface area contributed by atoms with E-state index in [0.29, 0.717) is 19.5 Å². The van der Waals surface area contributed by atoms with E-state index in [2.05, 4.69) is 26.1 Å². The zero-order valence-corrected chi connectivity index (χ0v) is 11.8. The van der Waals surface area contributed by atoms with Gasteiger partial charge in [-0.1, -0.05) is 52.9 Å². The molecular formula is C14H30N2O. The van der Waals surface area contributed by atoms with Gasteiger partial charge in [-0.05, 0) is 18.4 Å². The fourth-order valence-electron chi connectivity index (χ4n) is 1.56. The van der Waals surface area contributed by atoms with E-state index in [9.17, 15) is 4.79 Å². The molecule has 0 saturated heterocycles. The molecular weight excluding hydrogens is 212 g/mol. The van der Waals surface area contributed by atoms with Crippen LogP contribution >= 0.6 is 0 Å². The molecule has 0 radical (unpaired) electrons. The van der Waals surface area contributed by atoms with Gasteiger partial charge in [0.1, 0.15) is 0 Å². The quantitative estimate of drug-likeness (QED) is 0.579. The van der Waals surface area contributed by atoms with Gasteiger partial charge in [0.05, 0.1) is 0 Å². The Labute approximate surface area is 107 Å². The fraction of sp³-hybridized carbons (Fsp3) is 0.929. The molecule has 0 rings (SSSR count). The van der Waals surface area contributed by atoms with Crippen LogP contribution in [-0.4, -0.2) is 19.0 Å². The van der Waals surface area contributed by atoms with Crippen LogP contribution in [0.25, 0.3) is 0 Å². The monoisotopic (exact) mass is 242 g/mol. The van der Waals surface area contributed by atoms with Crippen LogP contribution in [0.1, 0.15) is 65.7 Å². The third-order valence-electron chi connectivity index (χ3n) is 3.07. The highest BCUT2D eigenvalue weighted by atomic mass is 16.1. The van der Waals surface area contributed by atoms with Gasteiger partial charge in [-0.2, -0.15) is 0 Å². The third-order valence-corrected chi connectivity index (χ3v) is 3.07. The van der Waals surface area contributed by atoms with E-state index in [1.54, 1.807) is 0 Å². The Kier molecular flexibility index (Phi) is 9.14. The number of hydrogen-bond donors (Lipinski definition) is 2. The van der Waals surface area contributed by atoms with Gasteiger partial charge in [0, 0.05) is 13.0 Å². The fourth-order valence-corrected chi connectivity index (χ4v) is 1.56. The molecule has 0 aromatic heterocycles. The van der Waals surface area contributed by atoms with E-state index < -0.39 is 0 Å². The molecule has 0 aliphatic rings. The van der Waals surface area contributed by atoms with E-state index >= 15 is 0 Å². The summed E-state index contributed by atoms with van der Waals surface area (Å²) in [4.78, 5) is 11.5. The lowest BCUT2D eigenvalue weighted by molar-refractivity contribution is -0.121. The van der Waals surface area contributed by atoms with E-state index in [4.69, 9.17) is 5.73 Å². The maximum Gasteiger partial charge on any atom is 0.220 e. The number of rotatable bonds is 10. The lowest BCUT2D eigenvalue weighted by Crippen LogP contribution is -2.38. The molecule has 0 aromatic rings. The van der Waals surface area contributed by atoms with E-state index in [1.165, 1.54) is 32.1 Å². The Morgan fingerprint density at radius 3 is 2.29 bits per heavy atom. The summed E-state index contributed by atoms with van der Waals surface area (Å²) in [5.74, 6) is 0.169. The molecule has 17 heavy (non-hydrogen) atoms. The van der Waals surface area contributed by atoms with Crippen molar-refractivity contribution in [3.63, 3.8) is 0 Å². The molecule has 0 spiro atoms. The van der Waals surface area contributed by atoms with Crippen LogP contribution in [-0.2, 0) is 4.79 Å². The average Bonchev–Trinajstić information content (AvgIpc) is 2.31. The molecule has 0 aromatic carbocycles. The van der Waals surface area contributed by atoms with Crippen LogP contribution in [0, 0.1) is 5.41 Å². The van der Waals surface area contributed by atoms with Gasteiger partial charge in [0.25, 0.3) is 0 Å². The molecule has 0 atom stereocenters. The van der Waals surface area contributed by atoms with Crippen LogP contribution < -0.4 is 11.1 Å². The van der Waals surface area contributed by atoms with Gasteiger partial charge in [0.2, 0.25) is 5.91 Å². The number of nitrogens with one attached hydrogen (secondary N) is 1. The number of hydrogen-bond acceptors (Lipinski definition) is 2. The van der Waals surface area contributed by atoms with E-state index in [1.807, 2.05) is 0 Å². The summed E-state index contributed by atoms with van der Waals surface area (Å²) in [6, 6.07) is 0. The summed E-state index contributed by atoms with van der Waals surface area (Å²) in [6.45, 7) is 7.63. The maximum atomic E-state index is 11.5. The minimum absolute atomic E-state index is 0.0107. The van der Waals surface area contributed by atoms with Gasteiger partial charge < -0.3 is 11.1 Å². The second-order valence-electron chi connectivity index (χ2n) is 5.66. The highest BCUT2D eigenvalue weighted by Crippen LogP contribution is 2.11. The number of amides is 1. The zero-order valence-electron chi connectivity index (χ0n) is 11.8. The minimum atomic E-state index is 0.0107. The van der Waals surface area contributed by atoms with Crippen molar-refractivity contribution in [2.24, 2.45) is 11.1 Å². The first-order valence-corrected chi connectivity index (χ1v) is 6.98. The Bertz CT molecular complexity index is 202. The van der Waals surface area contributed by atoms with E-state index in [0.717, 1.165) is 6.42 Å². The van der Waals surface area contributed by atoms with Gasteiger partial charge in [0.15, 0.2) is 0 Å². The standard InChI is InChI=1S/C14H30N2O/c1-4-5-6-7-8-9-10-13(17)16-12-14(2,3)11-15/h4-12,15H2,1-3H3,(H,16,17). The summed E-state index contributed by atoms with van der Waals surface area (Å²) in [6.07, 6.45) is 8.00. The summed E-state index contributed by atoms with van der Waals surface area (Å²) < 4.78 is 0. The molecule has 3 heteroatoms. The van der Waals surface area contributed by atoms with Crippen LogP contribution in [0.15, 0.2) is 0 Å². The zero-order chi connectivity index (χ0) is 13.1. The maximum absolute atomic E-state index is 11.5. The molecule has 0 bridgehead atoms. The van der Waals surface area contributed by atoms with E-state index in [-0.39, 0.29) is 11.3 Å². The summed E-state index contributed by atoms with van der Waals surface area (Å²) in [7, 11) is 0. The molecule has 0 unspecified atom stereocenters. The third kappa shape index (κ3) is 10.3. The van der Waals surface area contributed by atoms with Crippen molar-refractivity contribution < 1.29 is 4.79 Å². The molecule has 0 aliphatic carbocycles. The molecule has 1 amide bonds. The van der Waals surface area contributed by atoms with Crippen LogP contribution in [0.2, 0.25) is 0 Å². The average molecular weight is 242 g/mol. The highest BCUT2D eigenvalue weighted by molar-refractivity contribution is 5.75. The Hall–Kier alpha value is -0.570. The lowest BCUT2D eigenvalue weighted by Gasteiger charge is -2.22. The molecule has 0 saturated carbocycles. The highest BCUT2D eigenvalue weighted by Gasteiger charge is 2.16. The summed E-state index contributed by atoms with van der Waals surface area (Å²) in [5, 5.41) is 2.96. The Morgan fingerprint density at radius 2 is 1.71 bits per heavy atom. The van der Waals surface area contributed by atoms with Gasteiger partial charge in [-0.3, -0.25) is 4.79 Å². The first kappa shape index (κ1) is 16.4. The smallest absolute Gasteiger partial charge is 0.220 e. The molecule has 0 heterocycles. The predicted octanol–water partition coefficient (Wildman–Crippen LogP) is 2.84. The Balaban J connectivity index is 3.41. The van der Waals surface area contributed by atoms with Crippen molar-refractivity contribution in [2.45, 2.75) is 65.7 Å². The second kappa shape index (κ2) is 9.46. The number of unbranched alkanes of at least 4 members (excludes halogenated alkanes) is 5. The van der Waals surface area contributed by atoms with Crippen LogP contribution in [0.5, 0.6) is 0 Å². The van der Waals surface area contributed by atoms with Crippen LogP contribution in [0.4, 0.5) is 0 Å². The first-order valence-electron chi connectivity index (χ1n) is 6.98. The van der Waals surface area contributed by atoms with Crippen molar-refractivity contribution in [3.05, 3.63) is 0 Å². The summed E-state index contributed by atoms with van der Waals surface area (Å²) >= 11 is 0. The first-order chi connectivity index (χ1) is 8.02. The second-order valence-corrected chi connectivity index (χ2v) is 5.66. The Morgan fingerprint density at radius 1 is 1.12 bits per heavy atom. The van der Waals surface area contributed by atoms with Crippen molar-refractivity contribution in [1.29, 1.82) is 0 Å². The number of carbonyl (C=O) groups excluding carboxylic acids is 1. The number of nitrogens with two attached hydrogens (primary N) is 1. The molecule has 0 aliphatic heterocycles. The molecule has 0 fully saturated rings. The molecule has 102 valence electrons. The van der Waals surface area contributed by atoms with Gasteiger partial charge in [-0.25, -0.2) is 0 Å². The van der Waals surface area contributed by atoms with Crippen LogP contribution in [0.3, 0.4) is 0 Å². The normalized spacial score (nSPS) is 11.5. The summed E-state index contributed by atoms with van der Waals surface area (Å²) in [5.41, 5.74) is 5.62. The van der Waals surface area contributed by atoms with Crippen molar-refractivity contribution >= 4 is 5.91 Å². The van der Waals surface area contributed by atoms with Gasteiger partial charge in [-0.15, -0.1) is 0 Å².